The van der Waals surface area contributed by atoms with Gasteiger partial charge in [0.1, 0.15) is 5.75 Å². The van der Waals surface area contributed by atoms with Crippen LogP contribution in [0, 0.1) is 0 Å². The average Bonchev–Trinajstić information content (AvgIpc) is 3.14. The summed E-state index contributed by atoms with van der Waals surface area (Å²) in [6, 6.07) is 0. The molecule has 1 aromatic rings. The normalized spacial score (nSPS) is 27.2. The molecule has 0 radical (unpaired) electrons. The highest BCUT2D eigenvalue weighted by molar-refractivity contribution is 8.07. The van der Waals surface area contributed by atoms with Crippen molar-refractivity contribution in [3.63, 3.8) is 0 Å². The predicted molar refractivity (Wildman–Crippen MR) is 104 cm³/mol. The largest absolute Gasteiger partial charge is 0.470 e. The van der Waals surface area contributed by atoms with Crippen molar-refractivity contribution in [2.75, 3.05) is 7.05 Å². The van der Waals surface area contributed by atoms with Gasteiger partial charge in [0.05, 0.1) is 4.88 Å². The van der Waals surface area contributed by atoms with Crippen molar-refractivity contribution < 1.29 is 21.6 Å². The van der Waals surface area contributed by atoms with Crippen molar-refractivity contribution >= 4 is 31.4 Å². The van der Waals surface area contributed by atoms with Crippen LogP contribution < -0.4 is 4.74 Å². The Balaban J connectivity index is 2.36. The Hall–Kier alpha value is -0.640. The Morgan fingerprint density at radius 3 is 1.96 bits per heavy atom. The second-order valence-electron chi connectivity index (χ2n) is 8.35. The van der Waals surface area contributed by atoms with Crippen molar-refractivity contribution in [1.29, 1.82) is 0 Å². The molecule has 1 fully saturated rings. The molecule has 2 atom stereocenters. The van der Waals surface area contributed by atoms with Crippen molar-refractivity contribution in [2.24, 2.45) is 0 Å². The van der Waals surface area contributed by atoms with Crippen LogP contribution in [0.2, 0.25) is 0 Å². The third-order valence-corrected chi connectivity index (χ3v) is 12.8. The van der Waals surface area contributed by atoms with Crippen LogP contribution in [-0.2, 0) is 30.9 Å². The molecule has 2 aliphatic rings. The van der Waals surface area contributed by atoms with Crippen LogP contribution in [0.15, 0.2) is 0 Å². The Kier molecular flexibility index (Phi) is 4.39. The van der Waals surface area contributed by atoms with E-state index in [4.69, 9.17) is 4.74 Å². The molecule has 3 heterocycles. The molecule has 1 aromatic heterocycles. The Bertz CT molecular complexity index is 957. The monoisotopic (exact) mass is 421 g/mol. The summed E-state index contributed by atoms with van der Waals surface area (Å²) in [5, 5.41) is -1.18. The zero-order valence-electron chi connectivity index (χ0n) is 16.3. The molecule has 0 amide bonds. The smallest absolute Gasteiger partial charge is 0.266 e. The van der Waals surface area contributed by atoms with E-state index < -0.39 is 30.7 Å². The fraction of sp³-hybridized carbons (Fsp3) is 0.765. The summed E-state index contributed by atoms with van der Waals surface area (Å²) in [6.45, 7) is 12.4. The average molecular weight is 422 g/mol. The molecule has 0 aliphatic carbocycles. The van der Waals surface area contributed by atoms with E-state index in [2.05, 4.69) is 41.5 Å². The van der Waals surface area contributed by atoms with Crippen molar-refractivity contribution in [2.45, 2.75) is 75.9 Å². The van der Waals surface area contributed by atoms with Gasteiger partial charge in [-0.3, -0.25) is 0 Å². The first-order chi connectivity index (χ1) is 11.7. The first kappa shape index (κ1) is 20.1. The van der Waals surface area contributed by atoms with Gasteiger partial charge in [0.15, 0.2) is 5.25 Å². The van der Waals surface area contributed by atoms with E-state index >= 15 is 0 Å². The Morgan fingerprint density at radius 1 is 0.962 bits per heavy atom. The minimum Gasteiger partial charge on any atom is -0.470 e. The van der Waals surface area contributed by atoms with Crippen LogP contribution in [0.4, 0.5) is 0 Å². The number of thiophene rings is 1. The third kappa shape index (κ3) is 2.43. The summed E-state index contributed by atoms with van der Waals surface area (Å²) in [5.41, 5.74) is -1.31. The maximum atomic E-state index is 12.9. The van der Waals surface area contributed by atoms with Gasteiger partial charge in [-0.25, -0.2) is 16.8 Å². The summed E-state index contributed by atoms with van der Waals surface area (Å²) in [6.07, 6.45) is 1.65. The summed E-state index contributed by atoms with van der Waals surface area (Å²) in [4.78, 5) is 1.86. The molecule has 0 saturated carbocycles. The number of fused-ring (bicyclic) bond motifs is 3. The highest BCUT2D eigenvalue weighted by Gasteiger charge is 2.64. The molecule has 9 heteroatoms. The van der Waals surface area contributed by atoms with E-state index in [0.29, 0.717) is 15.0 Å². The van der Waals surface area contributed by atoms with Crippen LogP contribution >= 0.6 is 11.3 Å². The molecule has 1 saturated heterocycles. The Labute approximate surface area is 160 Å². The topological polar surface area (TPSA) is 80.8 Å². The second-order valence-corrected chi connectivity index (χ2v) is 13.7. The van der Waals surface area contributed by atoms with E-state index in [1.165, 1.54) is 0 Å². The number of nitrogens with zero attached hydrogens (tertiary/aromatic N) is 1. The predicted octanol–water partition coefficient (Wildman–Crippen LogP) is 3.49. The highest BCUT2D eigenvalue weighted by atomic mass is 32.3. The number of hydrogen-bond acceptors (Lipinski definition) is 6. The van der Waals surface area contributed by atoms with Gasteiger partial charge in [-0.1, -0.05) is 45.3 Å². The lowest BCUT2D eigenvalue weighted by molar-refractivity contribution is 0.296. The zero-order valence-corrected chi connectivity index (χ0v) is 18.7. The lowest BCUT2D eigenvalue weighted by Crippen LogP contribution is -2.30. The molecule has 26 heavy (non-hydrogen) atoms. The summed E-state index contributed by atoms with van der Waals surface area (Å²) in [5.74, 6) is 0.480. The van der Waals surface area contributed by atoms with Gasteiger partial charge < -0.3 is 4.74 Å². The molecule has 3 rings (SSSR count). The number of rotatable bonds is 4. The van der Waals surface area contributed by atoms with Crippen LogP contribution in [0.3, 0.4) is 0 Å². The van der Waals surface area contributed by atoms with Crippen LogP contribution in [0.1, 0.15) is 75.0 Å². The summed E-state index contributed by atoms with van der Waals surface area (Å²) >= 11 is 1.57. The fourth-order valence-electron chi connectivity index (χ4n) is 3.34. The molecule has 148 valence electrons. The first-order valence-electron chi connectivity index (χ1n) is 8.79. The molecular weight excluding hydrogens is 394 g/mol. The standard InChI is InChI=1S/C17H27NO5S3/c1-8-16(3,4)13-10-11(14(24-13)17(5,6)9-2)23-15-12(10)25(19,20)18(7)26(15,21)22/h12,15H,8-9H2,1-7H3. The van der Waals surface area contributed by atoms with Crippen LogP contribution in [0.25, 0.3) is 0 Å². The number of ether oxygens (including phenoxy) is 1. The van der Waals surface area contributed by atoms with Gasteiger partial charge >= 0.3 is 0 Å². The fourth-order valence-corrected chi connectivity index (χ4v) is 9.72. The van der Waals surface area contributed by atoms with Gasteiger partial charge in [0.2, 0.25) is 15.5 Å². The van der Waals surface area contributed by atoms with E-state index in [9.17, 15) is 16.8 Å². The quantitative estimate of drug-likeness (QED) is 0.743. The molecule has 0 N–H and O–H groups in total. The maximum absolute atomic E-state index is 12.9. The molecule has 2 aliphatic heterocycles. The molecular formula is C17H27NO5S3. The van der Waals surface area contributed by atoms with Crippen LogP contribution in [-0.4, -0.2) is 33.0 Å². The van der Waals surface area contributed by atoms with E-state index in [-0.39, 0.29) is 10.8 Å². The molecule has 0 spiro atoms. The number of hydrogen-bond donors (Lipinski definition) is 0. The van der Waals surface area contributed by atoms with Crippen molar-refractivity contribution in [3.8, 4) is 5.75 Å². The second kappa shape index (κ2) is 5.68. The van der Waals surface area contributed by atoms with Gasteiger partial charge in [-0.05, 0) is 18.3 Å². The van der Waals surface area contributed by atoms with E-state index in [1.54, 1.807) is 11.3 Å². The summed E-state index contributed by atoms with van der Waals surface area (Å²) in [7, 11) is -6.99. The van der Waals surface area contributed by atoms with Crippen LogP contribution in [0.5, 0.6) is 5.75 Å². The first-order valence-corrected chi connectivity index (χ1v) is 12.6. The SMILES string of the molecule is CCC(C)(C)c1sc(C(C)(C)CC)c2c1OC1C2S(=O)(=O)N(C)S1(=O)=O. The molecule has 2 unspecified atom stereocenters. The third-order valence-electron chi connectivity index (χ3n) is 5.99. The van der Waals surface area contributed by atoms with Gasteiger partial charge in [0, 0.05) is 22.9 Å². The highest BCUT2D eigenvalue weighted by Crippen LogP contribution is 2.60. The van der Waals surface area contributed by atoms with Gasteiger partial charge in [0.25, 0.3) is 10.0 Å². The van der Waals surface area contributed by atoms with Gasteiger partial charge in [-0.2, -0.15) is 0 Å². The molecule has 0 bridgehead atoms. The lowest BCUT2D eigenvalue weighted by atomic mass is 9.84. The summed E-state index contributed by atoms with van der Waals surface area (Å²) < 4.78 is 57.5. The zero-order chi connectivity index (χ0) is 19.9. The minimum absolute atomic E-state index is 0.227. The maximum Gasteiger partial charge on any atom is 0.266 e. The number of sulfonamides is 2. The molecule has 6 nitrogen and oxygen atoms in total. The molecule has 0 aromatic carbocycles. The lowest BCUT2D eigenvalue weighted by Gasteiger charge is -2.25. The van der Waals surface area contributed by atoms with E-state index in [0.717, 1.165) is 29.6 Å². The minimum atomic E-state index is -4.06. The van der Waals surface area contributed by atoms with Crippen molar-refractivity contribution in [1.82, 2.24) is 3.71 Å². The van der Waals surface area contributed by atoms with E-state index in [1.807, 2.05) is 0 Å². The van der Waals surface area contributed by atoms with Gasteiger partial charge in [-0.15, -0.1) is 11.3 Å². The van der Waals surface area contributed by atoms with Crippen molar-refractivity contribution in [3.05, 3.63) is 15.3 Å². The Morgan fingerprint density at radius 2 is 1.46 bits per heavy atom.